The van der Waals surface area contributed by atoms with E-state index in [0.717, 1.165) is 6.42 Å². The quantitative estimate of drug-likeness (QED) is 0.617. The van der Waals surface area contributed by atoms with Crippen LogP contribution >= 0.6 is 0 Å². The summed E-state index contributed by atoms with van der Waals surface area (Å²) in [5.41, 5.74) is 4.13. The van der Waals surface area contributed by atoms with E-state index in [2.05, 4.69) is 62.1 Å². The maximum atomic E-state index is 4.01. The molecule has 1 aliphatic carbocycles. The fourth-order valence-electron chi connectivity index (χ4n) is 2.52. The first kappa shape index (κ1) is 12.9. The van der Waals surface area contributed by atoms with Crippen molar-refractivity contribution in [2.24, 2.45) is 5.92 Å². The van der Waals surface area contributed by atoms with E-state index >= 15 is 0 Å². The van der Waals surface area contributed by atoms with Crippen LogP contribution in [0.4, 0.5) is 0 Å². The molecule has 0 aliphatic heterocycles. The van der Waals surface area contributed by atoms with Crippen molar-refractivity contribution in [2.45, 2.75) is 32.6 Å². The van der Waals surface area contributed by atoms with E-state index in [1.807, 2.05) is 0 Å². The topological polar surface area (TPSA) is 0 Å². The first-order valence-electron chi connectivity index (χ1n) is 6.81. The summed E-state index contributed by atoms with van der Waals surface area (Å²) in [5.74, 6) is 0.605. The van der Waals surface area contributed by atoms with Crippen LogP contribution in [0.15, 0.2) is 60.2 Å². The minimum absolute atomic E-state index is 0.605. The molecule has 0 nitrogen and oxygen atoms in total. The normalized spacial score (nSPS) is 19.8. The molecule has 2 rings (SSSR count). The van der Waals surface area contributed by atoms with E-state index in [1.54, 1.807) is 5.57 Å². The summed E-state index contributed by atoms with van der Waals surface area (Å²) >= 11 is 0. The number of allylic oxidation sites excluding steroid dienone is 4. The number of rotatable bonds is 4. The highest BCUT2D eigenvalue weighted by Gasteiger charge is 2.10. The van der Waals surface area contributed by atoms with Gasteiger partial charge >= 0.3 is 0 Å². The zero-order chi connectivity index (χ0) is 12.8. The van der Waals surface area contributed by atoms with Gasteiger partial charge < -0.3 is 0 Å². The Morgan fingerprint density at radius 2 is 2.11 bits per heavy atom. The summed E-state index contributed by atoms with van der Waals surface area (Å²) in [7, 11) is 0. The zero-order valence-electron chi connectivity index (χ0n) is 11.2. The van der Waals surface area contributed by atoms with Crippen LogP contribution in [0.1, 0.15) is 38.2 Å². The van der Waals surface area contributed by atoms with Crippen LogP contribution in [0.2, 0.25) is 0 Å². The number of hydrogen-bond donors (Lipinski definition) is 0. The van der Waals surface area contributed by atoms with Gasteiger partial charge in [-0.1, -0.05) is 66.3 Å². The smallest absolute Gasteiger partial charge is 0.00473 e. The molecule has 1 aromatic carbocycles. The Labute approximate surface area is 111 Å². The van der Waals surface area contributed by atoms with Crippen LogP contribution in [0.25, 0.3) is 6.08 Å². The van der Waals surface area contributed by atoms with Crippen LogP contribution < -0.4 is 0 Å². The Bertz CT molecular complexity index is 448. The van der Waals surface area contributed by atoms with Crippen LogP contribution in [-0.2, 0) is 0 Å². The SMILES string of the molecule is C=C(C)CC1=CC(/C=C\c2ccccc2)CCC1. The summed E-state index contributed by atoms with van der Waals surface area (Å²) in [4.78, 5) is 0. The van der Waals surface area contributed by atoms with Crippen molar-refractivity contribution in [3.05, 3.63) is 65.8 Å². The summed E-state index contributed by atoms with van der Waals surface area (Å²) < 4.78 is 0. The molecule has 0 heteroatoms. The van der Waals surface area contributed by atoms with Gasteiger partial charge in [0.1, 0.15) is 0 Å². The predicted molar refractivity (Wildman–Crippen MR) is 80.3 cm³/mol. The molecule has 94 valence electrons. The highest BCUT2D eigenvalue weighted by atomic mass is 14.2. The zero-order valence-corrected chi connectivity index (χ0v) is 11.2. The van der Waals surface area contributed by atoms with Crippen molar-refractivity contribution in [3.8, 4) is 0 Å². The molecule has 0 amide bonds. The van der Waals surface area contributed by atoms with E-state index in [9.17, 15) is 0 Å². The van der Waals surface area contributed by atoms with Gasteiger partial charge in [-0.2, -0.15) is 0 Å². The Balaban J connectivity index is 2.01. The molecule has 0 N–H and O–H groups in total. The van der Waals surface area contributed by atoms with Gasteiger partial charge in [-0.05, 0) is 44.1 Å². The molecule has 0 fully saturated rings. The van der Waals surface area contributed by atoms with Gasteiger partial charge in [0.2, 0.25) is 0 Å². The second kappa shape index (κ2) is 6.39. The largest absolute Gasteiger partial charge is 0.0998 e. The van der Waals surface area contributed by atoms with Gasteiger partial charge in [0.15, 0.2) is 0 Å². The van der Waals surface area contributed by atoms with E-state index in [0.29, 0.717) is 5.92 Å². The molecule has 0 aromatic heterocycles. The van der Waals surface area contributed by atoms with Gasteiger partial charge in [-0.15, -0.1) is 0 Å². The fraction of sp³-hybridized carbons (Fsp3) is 0.333. The predicted octanol–water partition coefficient (Wildman–Crippen LogP) is 5.39. The molecular weight excluding hydrogens is 216 g/mol. The molecule has 1 atom stereocenters. The maximum absolute atomic E-state index is 4.01. The number of benzene rings is 1. The lowest BCUT2D eigenvalue weighted by Crippen LogP contribution is -2.02. The molecule has 0 heterocycles. The Morgan fingerprint density at radius 3 is 2.83 bits per heavy atom. The van der Waals surface area contributed by atoms with Crippen molar-refractivity contribution < 1.29 is 0 Å². The van der Waals surface area contributed by atoms with Crippen molar-refractivity contribution in [1.29, 1.82) is 0 Å². The highest BCUT2D eigenvalue weighted by Crippen LogP contribution is 2.27. The molecule has 1 aliphatic rings. The van der Waals surface area contributed by atoms with Gasteiger partial charge in [-0.25, -0.2) is 0 Å². The Hall–Kier alpha value is -1.56. The van der Waals surface area contributed by atoms with Gasteiger partial charge in [0, 0.05) is 0 Å². The summed E-state index contributed by atoms with van der Waals surface area (Å²) in [6, 6.07) is 10.5. The lowest BCUT2D eigenvalue weighted by molar-refractivity contribution is 0.604. The van der Waals surface area contributed by atoms with Crippen LogP contribution in [0, 0.1) is 5.92 Å². The van der Waals surface area contributed by atoms with E-state index in [1.165, 1.54) is 30.4 Å². The second-order valence-electron chi connectivity index (χ2n) is 5.28. The Morgan fingerprint density at radius 1 is 1.33 bits per heavy atom. The third-order valence-corrected chi connectivity index (χ3v) is 3.35. The summed E-state index contributed by atoms with van der Waals surface area (Å²) in [6.07, 6.45) is 11.9. The van der Waals surface area contributed by atoms with E-state index in [-0.39, 0.29) is 0 Å². The molecule has 1 unspecified atom stereocenters. The van der Waals surface area contributed by atoms with Crippen molar-refractivity contribution in [2.75, 3.05) is 0 Å². The molecule has 0 saturated heterocycles. The Kier molecular flexibility index (Phi) is 4.58. The first-order valence-corrected chi connectivity index (χ1v) is 6.81. The average Bonchev–Trinajstić information content (AvgIpc) is 2.37. The van der Waals surface area contributed by atoms with Gasteiger partial charge in [0.25, 0.3) is 0 Å². The number of hydrogen-bond acceptors (Lipinski definition) is 0. The molecule has 1 aromatic rings. The van der Waals surface area contributed by atoms with Crippen LogP contribution in [0.5, 0.6) is 0 Å². The van der Waals surface area contributed by atoms with E-state index < -0.39 is 0 Å². The standard InChI is InChI=1S/C18H22/c1-15(2)13-18-10-6-9-17(14-18)12-11-16-7-4-3-5-8-16/h3-5,7-8,11-12,14,17H,1,6,9-10,13H2,2H3/b12-11-. The molecule has 0 radical (unpaired) electrons. The third-order valence-electron chi connectivity index (χ3n) is 3.35. The monoisotopic (exact) mass is 238 g/mol. The van der Waals surface area contributed by atoms with E-state index in [4.69, 9.17) is 0 Å². The van der Waals surface area contributed by atoms with Crippen molar-refractivity contribution in [3.63, 3.8) is 0 Å². The van der Waals surface area contributed by atoms with Crippen LogP contribution in [0.3, 0.4) is 0 Å². The van der Waals surface area contributed by atoms with Gasteiger partial charge in [-0.3, -0.25) is 0 Å². The molecular formula is C18H22. The van der Waals surface area contributed by atoms with Crippen molar-refractivity contribution in [1.82, 2.24) is 0 Å². The lowest BCUT2D eigenvalue weighted by Gasteiger charge is -2.18. The highest BCUT2D eigenvalue weighted by molar-refractivity contribution is 5.49. The average molecular weight is 238 g/mol. The molecule has 18 heavy (non-hydrogen) atoms. The fourth-order valence-corrected chi connectivity index (χ4v) is 2.52. The molecule has 0 bridgehead atoms. The summed E-state index contributed by atoms with van der Waals surface area (Å²) in [6.45, 7) is 6.12. The lowest BCUT2D eigenvalue weighted by atomic mass is 9.87. The minimum atomic E-state index is 0.605. The van der Waals surface area contributed by atoms with Crippen molar-refractivity contribution >= 4 is 6.08 Å². The second-order valence-corrected chi connectivity index (χ2v) is 5.28. The summed E-state index contributed by atoms with van der Waals surface area (Å²) in [5, 5.41) is 0. The van der Waals surface area contributed by atoms with Crippen LogP contribution in [-0.4, -0.2) is 0 Å². The first-order chi connectivity index (χ1) is 8.74. The molecule has 0 spiro atoms. The van der Waals surface area contributed by atoms with Gasteiger partial charge in [0.05, 0.1) is 0 Å². The minimum Gasteiger partial charge on any atom is -0.0998 e. The maximum Gasteiger partial charge on any atom is -0.00473 e. The molecule has 0 saturated carbocycles. The third kappa shape index (κ3) is 4.03.